The van der Waals surface area contributed by atoms with E-state index in [9.17, 15) is 31.1 Å². The van der Waals surface area contributed by atoms with Crippen LogP contribution in [-0.2, 0) is 4.79 Å². The zero-order valence-electron chi connectivity index (χ0n) is 21.2. The summed E-state index contributed by atoms with van der Waals surface area (Å²) in [4.78, 5) is 12.1. The number of amides is 1. The Balaban J connectivity index is 0.00000648. The molecule has 0 radical (unpaired) electrons. The molecule has 36 heavy (non-hydrogen) atoms. The molecule has 0 saturated carbocycles. The Morgan fingerprint density at radius 3 is 2.03 bits per heavy atom. The molecule has 0 saturated heterocycles. The van der Waals surface area contributed by atoms with Gasteiger partial charge in [0, 0.05) is 0 Å². The minimum absolute atomic E-state index is 0. The number of alkyl halides is 6. The van der Waals surface area contributed by atoms with Gasteiger partial charge in [0.1, 0.15) is 6.54 Å². The van der Waals surface area contributed by atoms with Gasteiger partial charge in [-0.3, -0.25) is 4.79 Å². The summed E-state index contributed by atoms with van der Waals surface area (Å²) in [7, 11) is 0. The maximum absolute atomic E-state index is 13.8. The van der Waals surface area contributed by atoms with E-state index >= 15 is 0 Å². The Morgan fingerprint density at radius 2 is 1.56 bits per heavy atom. The van der Waals surface area contributed by atoms with Crippen LogP contribution in [0.4, 0.5) is 32.0 Å². The van der Waals surface area contributed by atoms with Gasteiger partial charge in [-0.05, 0) is 61.6 Å². The first kappa shape index (κ1) is 32.7. The van der Waals surface area contributed by atoms with Gasteiger partial charge in [-0.1, -0.05) is 61.4 Å². The molecule has 10 heteroatoms. The zero-order chi connectivity index (χ0) is 26.6. The molecule has 1 amide bonds. The molecule has 0 aliphatic carbocycles. The second-order valence-electron chi connectivity index (χ2n) is 8.59. The Bertz CT molecular complexity index is 1060. The minimum atomic E-state index is -4.53. The van der Waals surface area contributed by atoms with Crippen molar-refractivity contribution >= 4 is 17.7 Å². The van der Waals surface area contributed by atoms with Crippen LogP contribution in [-0.4, -0.2) is 30.8 Å². The number of allylic oxidation sites excluding steroid dienone is 1. The number of hydrogen-bond donors (Lipinski definition) is 1. The van der Waals surface area contributed by atoms with Crippen LogP contribution >= 0.6 is 0 Å². The van der Waals surface area contributed by atoms with Gasteiger partial charge >= 0.3 is 63.7 Å². The molecule has 0 aliphatic rings. The number of nitrogens with one attached hydrogen (secondary N) is 1. The number of rotatable bonds is 8. The average Bonchev–Trinajstić information content (AvgIpc) is 2.74. The van der Waals surface area contributed by atoms with Crippen LogP contribution < -0.4 is 56.7 Å². The summed E-state index contributed by atoms with van der Waals surface area (Å²) in [6.45, 7) is 7.28. The molecule has 3 nitrogen and oxygen atoms in total. The summed E-state index contributed by atoms with van der Waals surface area (Å²) in [6.07, 6.45) is -6.33. The normalized spacial score (nSPS) is 13.8. The second-order valence-corrected chi connectivity index (χ2v) is 8.59. The molecule has 1 N–H and O–H groups in total. The summed E-state index contributed by atoms with van der Waals surface area (Å²) >= 11 is 0. The molecule has 0 aliphatic heterocycles. The van der Waals surface area contributed by atoms with Gasteiger partial charge in [-0.2, -0.15) is 26.3 Å². The Kier molecular flexibility index (Phi) is 12.2. The fourth-order valence-electron chi connectivity index (χ4n) is 3.60. The Labute approximate surface area is 250 Å². The number of benzene rings is 2. The van der Waals surface area contributed by atoms with Gasteiger partial charge in [0.05, 0.1) is 5.92 Å². The van der Waals surface area contributed by atoms with Crippen LogP contribution in [0.25, 0.3) is 11.4 Å². The first-order valence-electron chi connectivity index (χ1n) is 11.1. The van der Waals surface area contributed by atoms with E-state index in [4.69, 9.17) is 0 Å². The van der Waals surface area contributed by atoms with E-state index in [1.807, 2.05) is 12.2 Å². The summed E-state index contributed by atoms with van der Waals surface area (Å²) < 4.78 is 78.6. The molecule has 2 unspecified atom stereocenters. The van der Waals surface area contributed by atoms with E-state index in [0.29, 0.717) is 16.8 Å². The van der Waals surface area contributed by atoms with Crippen LogP contribution in [0.5, 0.6) is 0 Å². The Hall–Kier alpha value is -1.33. The fraction of sp³-hybridized carbons (Fsp3) is 0.423. The average molecular weight is 539 g/mol. The van der Waals surface area contributed by atoms with E-state index < -0.39 is 36.8 Å². The fourth-order valence-corrected chi connectivity index (χ4v) is 3.60. The summed E-state index contributed by atoms with van der Waals surface area (Å²) in [6, 6.07) is 6.80. The SMILES string of the molecule is CCC([N-]c1ccc(/C=C/C(c2cc(C)c(C)c(C)c2)C(F)(F)F)cc1C)C(=O)NCC(F)(F)F.[K+]. The monoisotopic (exact) mass is 538 g/mol. The van der Waals surface area contributed by atoms with Crippen LogP contribution in [0, 0.1) is 27.7 Å². The van der Waals surface area contributed by atoms with Crippen molar-refractivity contribution in [2.75, 3.05) is 6.54 Å². The molecule has 0 spiro atoms. The number of hydrogen-bond acceptors (Lipinski definition) is 1. The quantitative estimate of drug-likeness (QED) is 0.383. The summed E-state index contributed by atoms with van der Waals surface area (Å²) in [5.41, 5.74) is 4.15. The first-order valence-corrected chi connectivity index (χ1v) is 11.1. The third-order valence-electron chi connectivity index (χ3n) is 5.81. The predicted molar refractivity (Wildman–Crippen MR) is 126 cm³/mol. The third-order valence-corrected chi connectivity index (χ3v) is 5.81. The topological polar surface area (TPSA) is 43.2 Å². The number of aryl methyl sites for hydroxylation is 3. The van der Waals surface area contributed by atoms with Gasteiger partial charge < -0.3 is 10.6 Å². The second kappa shape index (κ2) is 13.5. The maximum atomic E-state index is 13.8. The third kappa shape index (κ3) is 9.52. The molecular weight excluding hydrogens is 509 g/mol. The maximum Gasteiger partial charge on any atom is 1.00 e. The van der Waals surface area contributed by atoms with Crippen molar-refractivity contribution in [2.45, 2.75) is 65.4 Å². The summed E-state index contributed by atoms with van der Waals surface area (Å²) in [5.74, 6) is -2.63. The van der Waals surface area contributed by atoms with Crippen molar-refractivity contribution < 1.29 is 82.5 Å². The van der Waals surface area contributed by atoms with Crippen LogP contribution in [0.3, 0.4) is 0 Å². The molecule has 0 aromatic heterocycles. The minimum Gasteiger partial charge on any atom is -0.674 e. The molecule has 2 atom stereocenters. The van der Waals surface area contributed by atoms with E-state index in [-0.39, 0.29) is 63.4 Å². The smallest absolute Gasteiger partial charge is 0.674 e. The number of carbonyl (C=O) groups excluding carboxylic acids is 1. The predicted octanol–water partition coefficient (Wildman–Crippen LogP) is 4.75. The zero-order valence-corrected chi connectivity index (χ0v) is 24.4. The molecule has 2 rings (SSSR count). The van der Waals surface area contributed by atoms with Gasteiger partial charge in [0.15, 0.2) is 0 Å². The van der Waals surface area contributed by atoms with E-state index in [2.05, 4.69) is 5.32 Å². The van der Waals surface area contributed by atoms with E-state index in [0.717, 1.165) is 22.8 Å². The van der Waals surface area contributed by atoms with Crippen molar-refractivity contribution in [2.24, 2.45) is 0 Å². The largest absolute Gasteiger partial charge is 1.00 e. The van der Waals surface area contributed by atoms with Crippen molar-refractivity contribution in [1.82, 2.24) is 5.32 Å². The molecule has 0 heterocycles. The van der Waals surface area contributed by atoms with Gasteiger partial charge in [-0.25, -0.2) is 0 Å². The number of nitrogens with zero attached hydrogens (tertiary/aromatic N) is 1. The molecule has 2 aromatic carbocycles. The van der Waals surface area contributed by atoms with Crippen LogP contribution in [0.2, 0.25) is 0 Å². The van der Waals surface area contributed by atoms with Crippen molar-refractivity contribution in [3.8, 4) is 0 Å². The van der Waals surface area contributed by atoms with Crippen molar-refractivity contribution in [3.63, 3.8) is 0 Å². The van der Waals surface area contributed by atoms with Gasteiger partial charge in [0.25, 0.3) is 0 Å². The van der Waals surface area contributed by atoms with Crippen LogP contribution in [0.15, 0.2) is 36.4 Å². The standard InChI is InChI=1S/C26H29F6N2O.K/c1-6-22(24(35)33-14-25(27,28)29)34-23-10-8-19(11-17(23)4)7-9-21(26(30,31)32)20-12-15(2)18(5)16(3)13-20;/h7-13,21-22H,6,14H2,1-5H3,(H,33,35);/q-1;+1/b9-7+;. The molecular formula is C26H29F6KN2O. The molecule has 0 bridgehead atoms. The van der Waals surface area contributed by atoms with Gasteiger partial charge in [0.2, 0.25) is 5.91 Å². The van der Waals surface area contributed by atoms with Crippen molar-refractivity contribution in [1.29, 1.82) is 0 Å². The van der Waals surface area contributed by atoms with Gasteiger partial charge in [-0.15, -0.1) is 5.69 Å². The van der Waals surface area contributed by atoms with E-state index in [1.54, 1.807) is 52.0 Å². The molecule has 2 aromatic rings. The first-order chi connectivity index (χ1) is 16.1. The van der Waals surface area contributed by atoms with Crippen molar-refractivity contribution in [3.05, 3.63) is 75.1 Å². The van der Waals surface area contributed by atoms with Crippen LogP contribution in [0.1, 0.15) is 52.6 Å². The molecule has 0 fully saturated rings. The van der Waals surface area contributed by atoms with E-state index in [1.165, 1.54) is 12.1 Å². The summed E-state index contributed by atoms with van der Waals surface area (Å²) in [5, 5.41) is 6.07. The number of halogens is 6. The number of carbonyl (C=O) groups is 1. The molecule has 192 valence electrons. The Morgan fingerprint density at radius 1 is 0.972 bits per heavy atom.